The molecule has 0 unspecified atom stereocenters. The Hall–Kier alpha value is -3.39. The van der Waals surface area contributed by atoms with Gasteiger partial charge in [-0.25, -0.2) is 0 Å². The predicted octanol–water partition coefficient (Wildman–Crippen LogP) is 6.70. The standard InChI is InChI=1S/C31H36N2O2/c1-4-16-33(17-5-2)23-28-20-24(3)27(21-31(28)35-19-18-34)15-14-26-12-9-13-29(30(26)22-32)25-10-7-6-8-11-25/h6-15,20-21,34H,4-5,16-19,23H2,1-3H3/b15-14+. The quantitative estimate of drug-likeness (QED) is 0.301. The van der Waals surface area contributed by atoms with E-state index in [1.54, 1.807) is 0 Å². The normalized spacial score (nSPS) is 11.2. The maximum Gasteiger partial charge on any atom is 0.124 e. The van der Waals surface area contributed by atoms with E-state index in [0.717, 1.165) is 71.6 Å². The van der Waals surface area contributed by atoms with Crippen LogP contribution in [-0.4, -0.2) is 36.3 Å². The number of aryl methyl sites for hydroxylation is 1. The fourth-order valence-electron chi connectivity index (χ4n) is 4.37. The highest BCUT2D eigenvalue weighted by Crippen LogP contribution is 2.29. The Labute approximate surface area is 210 Å². The molecule has 182 valence electrons. The first kappa shape index (κ1) is 26.2. The number of nitriles is 1. The van der Waals surface area contributed by atoms with Gasteiger partial charge >= 0.3 is 0 Å². The molecule has 0 saturated carbocycles. The Morgan fingerprint density at radius 3 is 2.31 bits per heavy atom. The van der Waals surface area contributed by atoms with Gasteiger partial charge in [0.25, 0.3) is 0 Å². The minimum atomic E-state index is -0.0239. The molecule has 0 amide bonds. The van der Waals surface area contributed by atoms with Crippen LogP contribution in [0.5, 0.6) is 5.75 Å². The van der Waals surface area contributed by atoms with E-state index < -0.39 is 0 Å². The van der Waals surface area contributed by atoms with Crippen molar-refractivity contribution in [3.05, 3.63) is 88.5 Å². The van der Waals surface area contributed by atoms with Crippen LogP contribution in [0.1, 0.15) is 54.5 Å². The van der Waals surface area contributed by atoms with Crippen molar-refractivity contribution in [2.75, 3.05) is 26.3 Å². The van der Waals surface area contributed by atoms with E-state index >= 15 is 0 Å². The first-order chi connectivity index (χ1) is 17.1. The van der Waals surface area contributed by atoms with Gasteiger partial charge in [0.05, 0.1) is 12.2 Å². The lowest BCUT2D eigenvalue weighted by atomic mass is 9.95. The first-order valence-electron chi connectivity index (χ1n) is 12.5. The molecule has 0 radical (unpaired) electrons. The average molecular weight is 469 g/mol. The number of hydrogen-bond acceptors (Lipinski definition) is 4. The van der Waals surface area contributed by atoms with Crippen LogP contribution in [-0.2, 0) is 6.54 Å². The smallest absolute Gasteiger partial charge is 0.124 e. The van der Waals surface area contributed by atoms with E-state index in [-0.39, 0.29) is 13.2 Å². The second-order valence-electron chi connectivity index (χ2n) is 8.75. The van der Waals surface area contributed by atoms with Gasteiger partial charge in [0.2, 0.25) is 0 Å². The molecule has 3 aromatic carbocycles. The summed E-state index contributed by atoms with van der Waals surface area (Å²) < 4.78 is 5.95. The van der Waals surface area contributed by atoms with Crippen molar-refractivity contribution in [2.45, 2.75) is 40.2 Å². The van der Waals surface area contributed by atoms with Crippen LogP contribution in [0, 0.1) is 18.3 Å². The summed E-state index contributed by atoms with van der Waals surface area (Å²) in [7, 11) is 0. The van der Waals surface area contributed by atoms with E-state index in [9.17, 15) is 10.4 Å². The van der Waals surface area contributed by atoms with Crippen molar-refractivity contribution >= 4 is 12.2 Å². The van der Waals surface area contributed by atoms with Gasteiger partial charge < -0.3 is 9.84 Å². The van der Waals surface area contributed by atoms with Crippen LogP contribution >= 0.6 is 0 Å². The van der Waals surface area contributed by atoms with Gasteiger partial charge in [-0.05, 0) is 61.2 Å². The molecule has 0 saturated heterocycles. The molecular formula is C31H36N2O2. The molecule has 3 rings (SSSR count). The molecular weight excluding hydrogens is 432 g/mol. The number of aliphatic hydroxyl groups excluding tert-OH is 1. The van der Waals surface area contributed by atoms with E-state index in [0.29, 0.717) is 5.56 Å². The van der Waals surface area contributed by atoms with Gasteiger partial charge in [-0.2, -0.15) is 5.26 Å². The third kappa shape index (κ3) is 7.05. The molecule has 0 aliphatic rings. The number of rotatable bonds is 12. The average Bonchev–Trinajstić information content (AvgIpc) is 2.88. The van der Waals surface area contributed by atoms with Gasteiger partial charge in [0, 0.05) is 17.7 Å². The van der Waals surface area contributed by atoms with Crippen molar-refractivity contribution in [1.29, 1.82) is 5.26 Å². The maximum absolute atomic E-state index is 9.93. The molecule has 0 aromatic heterocycles. The van der Waals surface area contributed by atoms with Crippen molar-refractivity contribution in [2.24, 2.45) is 0 Å². The number of benzene rings is 3. The van der Waals surface area contributed by atoms with E-state index in [1.165, 1.54) is 0 Å². The summed E-state index contributed by atoms with van der Waals surface area (Å²) in [6.45, 7) is 9.66. The van der Waals surface area contributed by atoms with Gasteiger partial charge in [0.15, 0.2) is 0 Å². The largest absolute Gasteiger partial charge is 0.491 e. The zero-order valence-corrected chi connectivity index (χ0v) is 21.1. The second-order valence-corrected chi connectivity index (χ2v) is 8.75. The molecule has 0 aliphatic heterocycles. The lowest BCUT2D eigenvalue weighted by Crippen LogP contribution is -2.25. The van der Waals surface area contributed by atoms with Crippen LogP contribution in [0.4, 0.5) is 0 Å². The Balaban J connectivity index is 1.95. The van der Waals surface area contributed by atoms with Crippen LogP contribution in [0.15, 0.2) is 60.7 Å². The number of hydrogen-bond donors (Lipinski definition) is 1. The highest BCUT2D eigenvalue weighted by molar-refractivity contribution is 5.81. The highest BCUT2D eigenvalue weighted by Gasteiger charge is 2.13. The molecule has 1 N–H and O–H groups in total. The van der Waals surface area contributed by atoms with Crippen molar-refractivity contribution in [1.82, 2.24) is 4.90 Å². The van der Waals surface area contributed by atoms with Crippen molar-refractivity contribution in [3.8, 4) is 22.9 Å². The number of aliphatic hydroxyl groups is 1. The Kier molecular flexibility index (Phi) is 10.1. The van der Waals surface area contributed by atoms with Crippen molar-refractivity contribution < 1.29 is 9.84 Å². The van der Waals surface area contributed by atoms with E-state index in [4.69, 9.17) is 4.74 Å². The number of nitrogens with zero attached hydrogens (tertiary/aromatic N) is 2. The summed E-state index contributed by atoms with van der Waals surface area (Å²) >= 11 is 0. The Morgan fingerprint density at radius 2 is 1.66 bits per heavy atom. The zero-order chi connectivity index (χ0) is 25.0. The summed E-state index contributed by atoms with van der Waals surface area (Å²) in [4.78, 5) is 2.45. The summed E-state index contributed by atoms with van der Waals surface area (Å²) in [6, 6.07) is 22.6. The van der Waals surface area contributed by atoms with Crippen LogP contribution in [0.25, 0.3) is 23.3 Å². The molecule has 4 heteroatoms. The number of ether oxygens (including phenoxy) is 1. The molecule has 0 heterocycles. The minimum absolute atomic E-state index is 0.0239. The fraction of sp³-hybridized carbons (Fsp3) is 0.323. The lowest BCUT2D eigenvalue weighted by molar-refractivity contribution is 0.196. The molecule has 3 aromatic rings. The van der Waals surface area contributed by atoms with Gasteiger partial charge in [-0.3, -0.25) is 4.90 Å². The van der Waals surface area contributed by atoms with Crippen LogP contribution in [0.2, 0.25) is 0 Å². The SMILES string of the molecule is CCCN(CCC)Cc1cc(C)c(/C=C/c2cccc(-c3ccccc3)c2C#N)cc1OCCO. The lowest BCUT2D eigenvalue weighted by Gasteiger charge is -2.23. The summed E-state index contributed by atoms with van der Waals surface area (Å²) in [6.07, 6.45) is 6.26. The van der Waals surface area contributed by atoms with Crippen molar-refractivity contribution in [3.63, 3.8) is 0 Å². The van der Waals surface area contributed by atoms with Gasteiger partial charge in [-0.15, -0.1) is 0 Å². The summed E-state index contributed by atoms with van der Waals surface area (Å²) in [5.41, 5.74) is 6.83. The predicted molar refractivity (Wildman–Crippen MR) is 145 cm³/mol. The summed E-state index contributed by atoms with van der Waals surface area (Å²) in [5, 5.41) is 19.3. The fourth-order valence-corrected chi connectivity index (χ4v) is 4.37. The van der Waals surface area contributed by atoms with E-state index in [2.05, 4.69) is 43.9 Å². The van der Waals surface area contributed by atoms with Crippen LogP contribution < -0.4 is 4.74 Å². The highest BCUT2D eigenvalue weighted by atomic mass is 16.5. The molecule has 0 bridgehead atoms. The second kappa shape index (κ2) is 13.5. The molecule has 35 heavy (non-hydrogen) atoms. The van der Waals surface area contributed by atoms with Crippen LogP contribution in [0.3, 0.4) is 0 Å². The molecule has 0 spiro atoms. The van der Waals surface area contributed by atoms with Gasteiger partial charge in [0.1, 0.15) is 18.4 Å². The molecule has 0 fully saturated rings. The Bertz CT molecular complexity index is 1160. The Morgan fingerprint density at radius 1 is 0.943 bits per heavy atom. The third-order valence-corrected chi connectivity index (χ3v) is 6.01. The van der Waals surface area contributed by atoms with E-state index in [1.807, 2.05) is 60.7 Å². The monoisotopic (exact) mass is 468 g/mol. The third-order valence-electron chi connectivity index (χ3n) is 6.01. The maximum atomic E-state index is 9.93. The summed E-state index contributed by atoms with van der Waals surface area (Å²) in [5.74, 6) is 0.806. The first-order valence-corrected chi connectivity index (χ1v) is 12.5. The minimum Gasteiger partial charge on any atom is -0.491 e. The van der Waals surface area contributed by atoms with Gasteiger partial charge in [-0.1, -0.05) is 80.6 Å². The topological polar surface area (TPSA) is 56.5 Å². The molecule has 0 aliphatic carbocycles. The zero-order valence-electron chi connectivity index (χ0n) is 21.1. The molecule has 4 nitrogen and oxygen atoms in total. The molecule has 0 atom stereocenters.